The molecule has 1 amide bonds. The SMILES string of the molecule is CCOC(=O)Nc1nc2cc(Oc3ccccc3OC)cnc2[nH]1. The number of hydrogen-bond donors (Lipinski definition) is 2. The van der Waals surface area contributed by atoms with Crippen molar-refractivity contribution >= 4 is 23.2 Å². The number of H-pyrrole nitrogens is 1. The van der Waals surface area contributed by atoms with Gasteiger partial charge in [0.1, 0.15) is 11.3 Å². The van der Waals surface area contributed by atoms with Gasteiger partial charge < -0.3 is 19.2 Å². The highest BCUT2D eigenvalue weighted by atomic mass is 16.5. The van der Waals surface area contributed by atoms with Crippen molar-refractivity contribution in [3.05, 3.63) is 36.5 Å². The minimum Gasteiger partial charge on any atom is -0.493 e. The number of benzene rings is 1. The molecule has 124 valence electrons. The molecule has 0 saturated carbocycles. The molecular formula is C16H16N4O4. The van der Waals surface area contributed by atoms with E-state index in [1.165, 1.54) is 0 Å². The van der Waals surface area contributed by atoms with Gasteiger partial charge in [0, 0.05) is 6.07 Å². The number of aromatic nitrogens is 3. The van der Waals surface area contributed by atoms with E-state index in [-0.39, 0.29) is 12.6 Å². The lowest BCUT2D eigenvalue weighted by molar-refractivity contribution is 0.167. The number of hydrogen-bond acceptors (Lipinski definition) is 6. The molecule has 0 aliphatic rings. The molecular weight excluding hydrogens is 312 g/mol. The largest absolute Gasteiger partial charge is 0.493 e. The summed E-state index contributed by atoms with van der Waals surface area (Å²) in [6.45, 7) is 2.00. The van der Waals surface area contributed by atoms with Crippen LogP contribution < -0.4 is 14.8 Å². The normalized spacial score (nSPS) is 10.4. The third-order valence-electron chi connectivity index (χ3n) is 3.10. The zero-order valence-electron chi connectivity index (χ0n) is 13.2. The Hall–Kier alpha value is -3.29. The standard InChI is InChI=1S/C16H16N4O4/c1-3-23-16(21)20-15-18-11-8-10(9-17-14(11)19-15)24-13-7-5-4-6-12(13)22-2/h4-9H,3H2,1-2H3,(H2,17,18,19,20,21). The maximum Gasteiger partial charge on any atom is 0.413 e. The van der Waals surface area contributed by atoms with E-state index in [2.05, 4.69) is 20.3 Å². The molecule has 0 radical (unpaired) electrons. The predicted octanol–water partition coefficient (Wildman–Crippen LogP) is 3.33. The van der Waals surface area contributed by atoms with Crippen molar-refractivity contribution in [3.8, 4) is 17.2 Å². The number of para-hydroxylation sites is 2. The van der Waals surface area contributed by atoms with Crippen LogP contribution in [0.15, 0.2) is 36.5 Å². The van der Waals surface area contributed by atoms with Gasteiger partial charge in [0.05, 0.1) is 19.9 Å². The van der Waals surface area contributed by atoms with Crippen molar-refractivity contribution in [2.24, 2.45) is 0 Å². The third-order valence-corrected chi connectivity index (χ3v) is 3.10. The highest BCUT2D eigenvalue weighted by Crippen LogP contribution is 2.31. The van der Waals surface area contributed by atoms with Gasteiger partial charge in [0.25, 0.3) is 0 Å². The molecule has 0 fully saturated rings. The van der Waals surface area contributed by atoms with Crippen molar-refractivity contribution in [2.75, 3.05) is 19.0 Å². The summed E-state index contributed by atoms with van der Waals surface area (Å²) in [5.74, 6) is 1.94. The van der Waals surface area contributed by atoms with Crippen molar-refractivity contribution in [3.63, 3.8) is 0 Å². The summed E-state index contributed by atoms with van der Waals surface area (Å²) in [4.78, 5) is 22.8. The van der Waals surface area contributed by atoms with Crippen LogP contribution in [0.4, 0.5) is 10.7 Å². The topological polar surface area (TPSA) is 98.4 Å². The molecule has 0 spiro atoms. The lowest BCUT2D eigenvalue weighted by Crippen LogP contribution is -2.14. The highest BCUT2D eigenvalue weighted by Gasteiger charge is 2.10. The Labute approximate surface area is 137 Å². The first kappa shape index (κ1) is 15.6. The number of rotatable bonds is 5. The summed E-state index contributed by atoms with van der Waals surface area (Å²) in [7, 11) is 1.57. The minimum absolute atomic E-state index is 0.255. The van der Waals surface area contributed by atoms with Gasteiger partial charge >= 0.3 is 6.09 Å². The molecule has 0 atom stereocenters. The van der Waals surface area contributed by atoms with Crippen LogP contribution in [0, 0.1) is 0 Å². The van der Waals surface area contributed by atoms with E-state index in [1.807, 2.05) is 12.1 Å². The first-order valence-corrected chi connectivity index (χ1v) is 7.30. The second-order valence-corrected chi connectivity index (χ2v) is 4.72. The molecule has 1 aromatic carbocycles. The molecule has 24 heavy (non-hydrogen) atoms. The first-order chi connectivity index (χ1) is 11.7. The number of carbonyl (C=O) groups excluding carboxylic acids is 1. The number of nitrogens with zero attached hydrogens (tertiary/aromatic N) is 2. The number of ether oxygens (including phenoxy) is 3. The van der Waals surface area contributed by atoms with Crippen LogP contribution in [0.2, 0.25) is 0 Å². The number of aromatic amines is 1. The molecule has 2 aromatic heterocycles. The molecule has 8 nitrogen and oxygen atoms in total. The smallest absolute Gasteiger partial charge is 0.413 e. The van der Waals surface area contributed by atoms with Crippen LogP contribution in [-0.2, 0) is 4.74 Å². The Morgan fingerprint density at radius 2 is 2.08 bits per heavy atom. The molecule has 0 unspecified atom stereocenters. The Kier molecular flexibility index (Phi) is 4.46. The summed E-state index contributed by atoms with van der Waals surface area (Å²) in [5.41, 5.74) is 1.07. The maximum absolute atomic E-state index is 11.4. The second-order valence-electron chi connectivity index (χ2n) is 4.72. The number of nitrogens with one attached hydrogen (secondary N) is 2. The van der Waals surface area contributed by atoms with E-state index in [0.717, 1.165) is 0 Å². The molecule has 2 heterocycles. The van der Waals surface area contributed by atoms with Gasteiger partial charge in [-0.2, -0.15) is 0 Å². The van der Waals surface area contributed by atoms with Gasteiger partial charge in [-0.15, -0.1) is 0 Å². The lowest BCUT2D eigenvalue weighted by Gasteiger charge is -2.09. The van der Waals surface area contributed by atoms with E-state index in [1.54, 1.807) is 38.4 Å². The van der Waals surface area contributed by atoms with Gasteiger partial charge in [-0.05, 0) is 19.1 Å². The minimum atomic E-state index is -0.581. The fourth-order valence-electron chi connectivity index (χ4n) is 2.09. The predicted molar refractivity (Wildman–Crippen MR) is 87.6 cm³/mol. The Morgan fingerprint density at radius 1 is 1.29 bits per heavy atom. The van der Waals surface area contributed by atoms with Crippen LogP contribution in [0.1, 0.15) is 6.92 Å². The quantitative estimate of drug-likeness (QED) is 0.745. The zero-order valence-corrected chi connectivity index (χ0v) is 13.2. The number of methoxy groups -OCH3 is 1. The summed E-state index contributed by atoms with van der Waals surface area (Å²) >= 11 is 0. The monoisotopic (exact) mass is 328 g/mol. The van der Waals surface area contributed by atoms with Crippen molar-refractivity contribution in [1.29, 1.82) is 0 Å². The van der Waals surface area contributed by atoms with E-state index >= 15 is 0 Å². The van der Waals surface area contributed by atoms with Gasteiger partial charge in [-0.1, -0.05) is 12.1 Å². The molecule has 0 aliphatic carbocycles. The molecule has 0 bridgehead atoms. The van der Waals surface area contributed by atoms with Crippen LogP contribution in [0.25, 0.3) is 11.2 Å². The number of anilines is 1. The number of amides is 1. The Balaban J connectivity index is 1.82. The molecule has 8 heteroatoms. The summed E-state index contributed by atoms with van der Waals surface area (Å²) in [6, 6.07) is 9.01. The third kappa shape index (κ3) is 3.37. The number of pyridine rings is 1. The van der Waals surface area contributed by atoms with Crippen LogP contribution in [0.3, 0.4) is 0 Å². The molecule has 0 aliphatic heterocycles. The Bertz CT molecular complexity index is 862. The summed E-state index contributed by atoms with van der Waals surface area (Å²) < 4.78 is 15.8. The molecule has 2 N–H and O–H groups in total. The van der Waals surface area contributed by atoms with E-state index in [0.29, 0.717) is 28.4 Å². The average Bonchev–Trinajstić information content (AvgIpc) is 2.97. The van der Waals surface area contributed by atoms with Gasteiger partial charge in [0.15, 0.2) is 17.1 Å². The van der Waals surface area contributed by atoms with Crippen LogP contribution >= 0.6 is 0 Å². The molecule has 3 rings (SSSR count). The molecule has 0 saturated heterocycles. The van der Waals surface area contributed by atoms with Gasteiger partial charge in [-0.3, -0.25) is 5.32 Å². The van der Waals surface area contributed by atoms with E-state index in [4.69, 9.17) is 14.2 Å². The molecule has 3 aromatic rings. The van der Waals surface area contributed by atoms with Gasteiger partial charge in [0.2, 0.25) is 5.95 Å². The maximum atomic E-state index is 11.4. The second kappa shape index (κ2) is 6.86. The number of imidazole rings is 1. The summed E-state index contributed by atoms with van der Waals surface area (Å²) in [5, 5.41) is 2.49. The first-order valence-electron chi connectivity index (χ1n) is 7.30. The van der Waals surface area contributed by atoms with Crippen molar-refractivity contribution < 1.29 is 19.0 Å². The zero-order chi connectivity index (χ0) is 16.9. The number of carbonyl (C=O) groups is 1. The van der Waals surface area contributed by atoms with Crippen LogP contribution in [0.5, 0.6) is 17.2 Å². The van der Waals surface area contributed by atoms with E-state index < -0.39 is 6.09 Å². The summed E-state index contributed by atoms with van der Waals surface area (Å²) in [6.07, 6.45) is 0.975. The van der Waals surface area contributed by atoms with E-state index in [9.17, 15) is 4.79 Å². The fraction of sp³-hybridized carbons (Fsp3) is 0.188. The lowest BCUT2D eigenvalue weighted by atomic mass is 10.3. The van der Waals surface area contributed by atoms with Crippen molar-refractivity contribution in [1.82, 2.24) is 15.0 Å². The van der Waals surface area contributed by atoms with Crippen LogP contribution in [-0.4, -0.2) is 34.8 Å². The average molecular weight is 328 g/mol. The Morgan fingerprint density at radius 3 is 2.83 bits per heavy atom. The highest BCUT2D eigenvalue weighted by molar-refractivity contribution is 5.85. The fourth-order valence-corrected chi connectivity index (χ4v) is 2.09. The number of fused-ring (bicyclic) bond motifs is 1. The van der Waals surface area contributed by atoms with Gasteiger partial charge in [-0.25, -0.2) is 14.8 Å². The van der Waals surface area contributed by atoms with Crippen molar-refractivity contribution in [2.45, 2.75) is 6.92 Å².